The largest absolute Gasteiger partial charge is 0.394 e. The SMILES string of the molecule is CC(=O)NC1CCC(CO)OC1. The smallest absolute Gasteiger partial charge is 0.217 e. The summed E-state index contributed by atoms with van der Waals surface area (Å²) in [5.41, 5.74) is 0. The number of hydrogen-bond donors (Lipinski definition) is 2. The van der Waals surface area contributed by atoms with Crippen LogP contribution in [-0.2, 0) is 9.53 Å². The molecule has 0 aliphatic carbocycles. The fraction of sp³-hybridized carbons (Fsp3) is 0.875. The van der Waals surface area contributed by atoms with Gasteiger partial charge in [0.2, 0.25) is 5.91 Å². The maximum atomic E-state index is 10.6. The summed E-state index contributed by atoms with van der Waals surface area (Å²) in [6, 6.07) is 0.130. The Hall–Kier alpha value is -0.610. The topological polar surface area (TPSA) is 58.6 Å². The third kappa shape index (κ3) is 2.79. The van der Waals surface area contributed by atoms with Gasteiger partial charge >= 0.3 is 0 Å². The normalized spacial score (nSPS) is 29.8. The molecule has 1 aliphatic rings. The molecule has 1 heterocycles. The Bertz CT molecular complexity index is 152. The summed E-state index contributed by atoms with van der Waals surface area (Å²) in [7, 11) is 0. The molecule has 0 spiro atoms. The van der Waals surface area contributed by atoms with Crippen LogP contribution in [0.4, 0.5) is 0 Å². The van der Waals surface area contributed by atoms with Gasteiger partial charge in [0.25, 0.3) is 0 Å². The van der Waals surface area contributed by atoms with Crippen LogP contribution in [-0.4, -0.2) is 36.4 Å². The van der Waals surface area contributed by atoms with Gasteiger partial charge in [-0.1, -0.05) is 0 Å². The lowest BCUT2D eigenvalue weighted by molar-refractivity contribution is -0.121. The molecule has 1 saturated heterocycles. The van der Waals surface area contributed by atoms with Crippen LogP contribution in [0.15, 0.2) is 0 Å². The van der Waals surface area contributed by atoms with Gasteiger partial charge in [0.1, 0.15) is 0 Å². The number of nitrogens with one attached hydrogen (secondary N) is 1. The van der Waals surface area contributed by atoms with Crippen LogP contribution in [0.5, 0.6) is 0 Å². The zero-order valence-electron chi connectivity index (χ0n) is 7.25. The first kappa shape index (κ1) is 9.48. The fourth-order valence-corrected chi connectivity index (χ4v) is 1.35. The van der Waals surface area contributed by atoms with Crippen molar-refractivity contribution in [2.24, 2.45) is 0 Å². The molecule has 4 heteroatoms. The number of amides is 1. The van der Waals surface area contributed by atoms with E-state index in [2.05, 4.69) is 5.32 Å². The molecule has 4 nitrogen and oxygen atoms in total. The number of aliphatic hydroxyl groups is 1. The van der Waals surface area contributed by atoms with Gasteiger partial charge in [-0.15, -0.1) is 0 Å². The molecule has 2 unspecified atom stereocenters. The minimum absolute atomic E-state index is 0.0222. The van der Waals surface area contributed by atoms with Gasteiger partial charge in [-0.2, -0.15) is 0 Å². The highest BCUT2D eigenvalue weighted by atomic mass is 16.5. The summed E-state index contributed by atoms with van der Waals surface area (Å²) in [4.78, 5) is 10.6. The standard InChI is InChI=1S/C8H15NO3/c1-6(11)9-7-2-3-8(4-10)12-5-7/h7-8,10H,2-5H2,1H3,(H,9,11). The summed E-state index contributed by atoms with van der Waals surface area (Å²) >= 11 is 0. The van der Waals surface area contributed by atoms with Gasteiger partial charge in [0.15, 0.2) is 0 Å². The van der Waals surface area contributed by atoms with Crippen molar-refractivity contribution in [1.82, 2.24) is 5.32 Å². The monoisotopic (exact) mass is 173 g/mol. The van der Waals surface area contributed by atoms with E-state index in [-0.39, 0.29) is 24.7 Å². The molecular weight excluding hydrogens is 158 g/mol. The summed E-state index contributed by atoms with van der Waals surface area (Å²) in [5.74, 6) is -0.0222. The van der Waals surface area contributed by atoms with Crippen LogP contribution in [0.1, 0.15) is 19.8 Å². The molecule has 1 rings (SSSR count). The van der Waals surface area contributed by atoms with Crippen LogP contribution in [0, 0.1) is 0 Å². The molecule has 0 aromatic heterocycles. The number of aliphatic hydroxyl groups excluding tert-OH is 1. The van der Waals surface area contributed by atoms with Crippen molar-refractivity contribution >= 4 is 5.91 Å². The summed E-state index contributed by atoms with van der Waals surface area (Å²) in [5, 5.41) is 11.5. The molecule has 1 fully saturated rings. The zero-order chi connectivity index (χ0) is 8.97. The second kappa shape index (κ2) is 4.42. The molecular formula is C8H15NO3. The zero-order valence-corrected chi connectivity index (χ0v) is 7.25. The first-order chi connectivity index (χ1) is 5.72. The Morgan fingerprint density at radius 1 is 1.67 bits per heavy atom. The van der Waals surface area contributed by atoms with E-state index in [0.717, 1.165) is 12.8 Å². The molecule has 0 saturated carbocycles. The van der Waals surface area contributed by atoms with E-state index in [9.17, 15) is 4.79 Å². The molecule has 1 aliphatic heterocycles. The van der Waals surface area contributed by atoms with Crippen molar-refractivity contribution in [2.75, 3.05) is 13.2 Å². The minimum atomic E-state index is -0.0324. The van der Waals surface area contributed by atoms with E-state index >= 15 is 0 Å². The average Bonchev–Trinajstić information content (AvgIpc) is 2.05. The number of rotatable bonds is 2. The Balaban J connectivity index is 2.21. The van der Waals surface area contributed by atoms with Crippen molar-refractivity contribution in [3.05, 3.63) is 0 Å². The predicted octanol–water partition coefficient (Wildman–Crippen LogP) is -0.338. The van der Waals surface area contributed by atoms with Crippen LogP contribution in [0.2, 0.25) is 0 Å². The lowest BCUT2D eigenvalue weighted by Gasteiger charge is -2.28. The van der Waals surface area contributed by atoms with Gasteiger partial charge in [0.05, 0.1) is 25.4 Å². The Kier molecular flexibility index (Phi) is 3.49. The van der Waals surface area contributed by atoms with Crippen molar-refractivity contribution in [2.45, 2.75) is 31.9 Å². The van der Waals surface area contributed by atoms with E-state index in [1.54, 1.807) is 0 Å². The third-order valence-electron chi connectivity index (χ3n) is 1.98. The Labute approximate surface area is 71.9 Å². The third-order valence-corrected chi connectivity index (χ3v) is 1.98. The van der Waals surface area contributed by atoms with Gasteiger partial charge in [-0.05, 0) is 12.8 Å². The van der Waals surface area contributed by atoms with Crippen molar-refractivity contribution in [3.8, 4) is 0 Å². The van der Waals surface area contributed by atoms with Gasteiger partial charge < -0.3 is 15.2 Å². The molecule has 0 radical (unpaired) electrons. The van der Waals surface area contributed by atoms with Crippen LogP contribution < -0.4 is 5.32 Å². The van der Waals surface area contributed by atoms with E-state index in [1.807, 2.05) is 0 Å². The molecule has 2 atom stereocenters. The Morgan fingerprint density at radius 3 is 2.83 bits per heavy atom. The van der Waals surface area contributed by atoms with Gasteiger partial charge in [0, 0.05) is 6.92 Å². The summed E-state index contributed by atoms with van der Waals surface area (Å²) < 4.78 is 5.28. The maximum absolute atomic E-state index is 10.6. The van der Waals surface area contributed by atoms with Crippen molar-refractivity contribution in [3.63, 3.8) is 0 Å². The highest BCUT2D eigenvalue weighted by Crippen LogP contribution is 2.12. The van der Waals surface area contributed by atoms with Crippen LogP contribution in [0.3, 0.4) is 0 Å². The van der Waals surface area contributed by atoms with Gasteiger partial charge in [-0.25, -0.2) is 0 Å². The highest BCUT2D eigenvalue weighted by molar-refractivity contribution is 5.73. The van der Waals surface area contributed by atoms with Gasteiger partial charge in [-0.3, -0.25) is 4.79 Å². The number of hydrogen-bond acceptors (Lipinski definition) is 3. The fourth-order valence-electron chi connectivity index (χ4n) is 1.35. The highest BCUT2D eigenvalue weighted by Gasteiger charge is 2.20. The van der Waals surface area contributed by atoms with Crippen molar-refractivity contribution in [1.29, 1.82) is 0 Å². The Morgan fingerprint density at radius 2 is 2.42 bits per heavy atom. The number of ether oxygens (including phenoxy) is 1. The first-order valence-electron chi connectivity index (χ1n) is 4.22. The first-order valence-corrected chi connectivity index (χ1v) is 4.22. The maximum Gasteiger partial charge on any atom is 0.217 e. The predicted molar refractivity (Wildman–Crippen MR) is 43.7 cm³/mol. The molecule has 1 amide bonds. The van der Waals surface area contributed by atoms with Crippen molar-refractivity contribution < 1.29 is 14.6 Å². The van der Waals surface area contributed by atoms with Crippen LogP contribution >= 0.6 is 0 Å². The molecule has 2 N–H and O–H groups in total. The minimum Gasteiger partial charge on any atom is -0.394 e. The molecule has 70 valence electrons. The average molecular weight is 173 g/mol. The summed E-state index contributed by atoms with van der Waals surface area (Å²) in [6.07, 6.45) is 1.68. The van der Waals surface area contributed by atoms with E-state index < -0.39 is 0 Å². The number of carbonyl (C=O) groups is 1. The van der Waals surface area contributed by atoms with E-state index in [0.29, 0.717) is 6.61 Å². The lowest BCUT2D eigenvalue weighted by atomic mass is 10.1. The molecule has 0 aromatic carbocycles. The quantitative estimate of drug-likeness (QED) is 0.600. The lowest BCUT2D eigenvalue weighted by Crippen LogP contribution is -2.42. The molecule has 0 aromatic rings. The molecule has 12 heavy (non-hydrogen) atoms. The van der Waals surface area contributed by atoms with E-state index in [4.69, 9.17) is 9.84 Å². The molecule has 0 bridgehead atoms. The summed E-state index contributed by atoms with van der Waals surface area (Å²) in [6.45, 7) is 2.09. The van der Waals surface area contributed by atoms with E-state index in [1.165, 1.54) is 6.92 Å². The van der Waals surface area contributed by atoms with Crippen LogP contribution in [0.25, 0.3) is 0 Å². The number of carbonyl (C=O) groups excluding carboxylic acids is 1. The second-order valence-electron chi connectivity index (χ2n) is 3.11. The second-order valence-corrected chi connectivity index (χ2v) is 3.11.